The molecule has 112 valence electrons. The van der Waals surface area contributed by atoms with E-state index in [1.165, 1.54) is 17.0 Å². The standard InChI is InChI=1S/C16H18FNO2S/c1-20-15-6-4-13(17)11-12(15)8-9-18-16(19)7-5-14-3-2-10-21-14/h2-4,6,10-11H,5,7-9H2,1H3,(H,18,19). The number of carbonyl (C=O) groups excluding carboxylic acids is 1. The van der Waals surface area contributed by atoms with Crippen molar-refractivity contribution in [2.75, 3.05) is 13.7 Å². The molecule has 1 N–H and O–H groups in total. The monoisotopic (exact) mass is 307 g/mol. The number of carbonyl (C=O) groups is 1. The van der Waals surface area contributed by atoms with Gasteiger partial charge in [0, 0.05) is 17.8 Å². The molecule has 3 nitrogen and oxygen atoms in total. The van der Waals surface area contributed by atoms with E-state index in [1.807, 2.05) is 17.5 Å². The molecule has 1 heterocycles. The van der Waals surface area contributed by atoms with Gasteiger partial charge in [0.2, 0.25) is 5.91 Å². The van der Waals surface area contributed by atoms with Crippen LogP contribution >= 0.6 is 11.3 Å². The van der Waals surface area contributed by atoms with Crippen LogP contribution in [0.5, 0.6) is 5.75 Å². The van der Waals surface area contributed by atoms with Crippen molar-refractivity contribution in [1.82, 2.24) is 5.32 Å². The van der Waals surface area contributed by atoms with Crippen molar-refractivity contribution in [3.05, 3.63) is 52.0 Å². The number of aryl methyl sites for hydroxylation is 1. The minimum Gasteiger partial charge on any atom is -0.496 e. The number of hydrogen-bond donors (Lipinski definition) is 1. The largest absolute Gasteiger partial charge is 0.496 e. The molecule has 0 radical (unpaired) electrons. The van der Waals surface area contributed by atoms with Crippen molar-refractivity contribution >= 4 is 17.2 Å². The Balaban J connectivity index is 1.76. The molecule has 0 aliphatic heterocycles. The zero-order valence-electron chi connectivity index (χ0n) is 11.9. The van der Waals surface area contributed by atoms with E-state index in [4.69, 9.17) is 4.74 Å². The van der Waals surface area contributed by atoms with Crippen molar-refractivity contribution < 1.29 is 13.9 Å². The van der Waals surface area contributed by atoms with Crippen LogP contribution in [-0.4, -0.2) is 19.6 Å². The highest BCUT2D eigenvalue weighted by Crippen LogP contribution is 2.19. The van der Waals surface area contributed by atoms with Crippen molar-refractivity contribution in [1.29, 1.82) is 0 Å². The number of ether oxygens (including phenoxy) is 1. The Morgan fingerprint density at radius 2 is 2.19 bits per heavy atom. The van der Waals surface area contributed by atoms with Gasteiger partial charge in [-0.25, -0.2) is 4.39 Å². The predicted octanol–water partition coefficient (Wildman–Crippen LogP) is 3.19. The van der Waals surface area contributed by atoms with Crippen LogP contribution in [0, 0.1) is 5.82 Å². The number of rotatable bonds is 7. The first-order valence-electron chi connectivity index (χ1n) is 6.80. The predicted molar refractivity (Wildman–Crippen MR) is 82.3 cm³/mol. The summed E-state index contributed by atoms with van der Waals surface area (Å²) in [4.78, 5) is 12.9. The molecule has 0 unspecified atom stereocenters. The summed E-state index contributed by atoms with van der Waals surface area (Å²) >= 11 is 1.65. The normalized spacial score (nSPS) is 10.4. The zero-order chi connectivity index (χ0) is 15.1. The van der Waals surface area contributed by atoms with Crippen molar-refractivity contribution in [2.24, 2.45) is 0 Å². The van der Waals surface area contributed by atoms with E-state index in [1.54, 1.807) is 24.5 Å². The van der Waals surface area contributed by atoms with Crippen molar-refractivity contribution in [2.45, 2.75) is 19.3 Å². The average molecular weight is 307 g/mol. The maximum absolute atomic E-state index is 13.2. The van der Waals surface area contributed by atoms with Crippen LogP contribution in [0.4, 0.5) is 4.39 Å². The van der Waals surface area contributed by atoms with Gasteiger partial charge in [-0.3, -0.25) is 4.79 Å². The van der Waals surface area contributed by atoms with E-state index < -0.39 is 0 Å². The Bertz CT molecular complexity index is 584. The summed E-state index contributed by atoms with van der Waals surface area (Å²) in [5.41, 5.74) is 0.760. The number of halogens is 1. The molecule has 2 aromatic rings. The smallest absolute Gasteiger partial charge is 0.220 e. The lowest BCUT2D eigenvalue weighted by atomic mass is 10.1. The fourth-order valence-corrected chi connectivity index (χ4v) is 2.77. The summed E-state index contributed by atoms with van der Waals surface area (Å²) in [6, 6.07) is 8.41. The maximum atomic E-state index is 13.2. The van der Waals surface area contributed by atoms with E-state index in [-0.39, 0.29) is 11.7 Å². The van der Waals surface area contributed by atoms with Crippen LogP contribution in [0.2, 0.25) is 0 Å². The van der Waals surface area contributed by atoms with Crippen LogP contribution in [0.3, 0.4) is 0 Å². The lowest BCUT2D eigenvalue weighted by Crippen LogP contribution is -2.25. The summed E-state index contributed by atoms with van der Waals surface area (Å²) in [5, 5.41) is 4.86. The number of thiophene rings is 1. The first kappa shape index (κ1) is 15.5. The molecule has 1 aromatic heterocycles. The second kappa shape index (κ2) is 7.78. The van der Waals surface area contributed by atoms with Crippen LogP contribution in [0.25, 0.3) is 0 Å². The Kier molecular flexibility index (Phi) is 5.75. The topological polar surface area (TPSA) is 38.3 Å². The third-order valence-corrected chi connectivity index (χ3v) is 4.07. The van der Waals surface area contributed by atoms with Crippen LogP contribution in [-0.2, 0) is 17.6 Å². The molecule has 0 bridgehead atoms. The Morgan fingerprint density at radius 3 is 2.90 bits per heavy atom. The molecule has 0 atom stereocenters. The van der Waals surface area contributed by atoms with Gasteiger partial charge in [-0.15, -0.1) is 11.3 Å². The third-order valence-electron chi connectivity index (χ3n) is 3.14. The SMILES string of the molecule is COc1ccc(F)cc1CCNC(=O)CCc1cccs1. The van der Waals surface area contributed by atoms with E-state index in [2.05, 4.69) is 5.32 Å². The Hall–Kier alpha value is -1.88. The van der Waals surface area contributed by atoms with E-state index >= 15 is 0 Å². The van der Waals surface area contributed by atoms with Gasteiger partial charge in [0.15, 0.2) is 0 Å². The fourth-order valence-electron chi connectivity index (χ4n) is 2.06. The zero-order valence-corrected chi connectivity index (χ0v) is 12.7. The molecule has 0 saturated heterocycles. The highest BCUT2D eigenvalue weighted by atomic mass is 32.1. The minimum atomic E-state index is -0.296. The van der Waals surface area contributed by atoms with Gasteiger partial charge in [0.1, 0.15) is 11.6 Å². The molecule has 0 fully saturated rings. The molecule has 1 amide bonds. The first-order valence-corrected chi connectivity index (χ1v) is 7.68. The summed E-state index contributed by atoms with van der Waals surface area (Å²) < 4.78 is 18.4. The van der Waals surface area contributed by atoms with Gasteiger partial charge in [-0.2, -0.15) is 0 Å². The summed E-state index contributed by atoms with van der Waals surface area (Å²) in [5.74, 6) is 0.359. The van der Waals surface area contributed by atoms with Crippen LogP contribution in [0.1, 0.15) is 16.9 Å². The third kappa shape index (κ3) is 4.86. The molecule has 0 aliphatic carbocycles. The highest BCUT2D eigenvalue weighted by molar-refractivity contribution is 7.09. The van der Waals surface area contributed by atoms with E-state index in [0.717, 1.165) is 12.0 Å². The second-order valence-electron chi connectivity index (χ2n) is 4.64. The average Bonchev–Trinajstić information content (AvgIpc) is 2.99. The van der Waals surface area contributed by atoms with Gasteiger partial charge < -0.3 is 10.1 Å². The number of nitrogens with one attached hydrogen (secondary N) is 1. The van der Waals surface area contributed by atoms with E-state index in [0.29, 0.717) is 25.1 Å². The van der Waals surface area contributed by atoms with Gasteiger partial charge in [0.05, 0.1) is 7.11 Å². The number of amides is 1. The Labute approximate surface area is 127 Å². The summed E-state index contributed by atoms with van der Waals surface area (Å²) in [7, 11) is 1.55. The summed E-state index contributed by atoms with van der Waals surface area (Å²) in [6.45, 7) is 0.475. The Morgan fingerprint density at radius 1 is 1.33 bits per heavy atom. The molecular weight excluding hydrogens is 289 g/mol. The second-order valence-corrected chi connectivity index (χ2v) is 5.67. The van der Waals surface area contributed by atoms with Gasteiger partial charge in [-0.1, -0.05) is 6.07 Å². The van der Waals surface area contributed by atoms with Crippen molar-refractivity contribution in [3.63, 3.8) is 0 Å². The van der Waals surface area contributed by atoms with Crippen molar-refractivity contribution in [3.8, 4) is 5.75 Å². The lowest BCUT2D eigenvalue weighted by molar-refractivity contribution is -0.121. The van der Waals surface area contributed by atoms with Gasteiger partial charge >= 0.3 is 0 Å². The molecule has 0 saturated carbocycles. The maximum Gasteiger partial charge on any atom is 0.220 e. The molecule has 5 heteroatoms. The molecule has 0 aliphatic rings. The lowest BCUT2D eigenvalue weighted by Gasteiger charge is -2.09. The molecule has 2 rings (SSSR count). The number of methoxy groups -OCH3 is 1. The quantitative estimate of drug-likeness (QED) is 0.853. The molecule has 21 heavy (non-hydrogen) atoms. The number of benzene rings is 1. The summed E-state index contributed by atoms with van der Waals surface area (Å²) in [6.07, 6.45) is 1.78. The number of hydrogen-bond acceptors (Lipinski definition) is 3. The highest BCUT2D eigenvalue weighted by Gasteiger charge is 2.06. The van der Waals surface area contributed by atoms with Gasteiger partial charge in [-0.05, 0) is 48.1 Å². The van der Waals surface area contributed by atoms with E-state index in [9.17, 15) is 9.18 Å². The fraction of sp³-hybridized carbons (Fsp3) is 0.312. The molecular formula is C16H18FNO2S. The van der Waals surface area contributed by atoms with Crippen LogP contribution < -0.4 is 10.1 Å². The van der Waals surface area contributed by atoms with Gasteiger partial charge in [0.25, 0.3) is 0 Å². The van der Waals surface area contributed by atoms with Crippen LogP contribution in [0.15, 0.2) is 35.7 Å². The first-order chi connectivity index (χ1) is 10.2. The molecule has 1 aromatic carbocycles. The molecule has 0 spiro atoms. The minimum absolute atomic E-state index is 0.0127.